The van der Waals surface area contributed by atoms with Gasteiger partial charge in [0.25, 0.3) is 0 Å². The topological polar surface area (TPSA) is 148 Å². The van der Waals surface area contributed by atoms with E-state index in [4.69, 9.17) is 16.7 Å². The summed E-state index contributed by atoms with van der Waals surface area (Å²) in [6.07, 6.45) is 1.72. The molecule has 0 amide bonds. The maximum absolute atomic E-state index is 11.8. The van der Waals surface area contributed by atoms with E-state index in [-0.39, 0.29) is 5.84 Å². The zero-order chi connectivity index (χ0) is 16.4. The van der Waals surface area contributed by atoms with Crippen molar-refractivity contribution in [2.24, 2.45) is 21.8 Å². The Balaban J connectivity index is 2.27. The van der Waals surface area contributed by atoms with Gasteiger partial charge >= 0.3 is 0 Å². The fourth-order valence-corrected chi connectivity index (χ4v) is 3.07. The Hall–Kier alpha value is -2.75. The highest BCUT2D eigenvalue weighted by Crippen LogP contribution is 2.29. The molecular formula is C14H15N7OS. The van der Waals surface area contributed by atoms with E-state index in [2.05, 4.69) is 20.8 Å². The molecule has 0 fully saturated rings. The number of nitrogens with one attached hydrogen (secondary N) is 2. The molecule has 0 saturated heterocycles. The number of aromatic amines is 1. The lowest BCUT2D eigenvalue weighted by Crippen LogP contribution is -2.25. The number of H-pyrrole nitrogens is 1. The van der Waals surface area contributed by atoms with Gasteiger partial charge in [-0.25, -0.2) is 20.7 Å². The number of benzene rings is 2. The highest BCUT2D eigenvalue weighted by atomic mass is 32.2. The first-order valence-electron chi connectivity index (χ1n) is 6.63. The molecule has 3 aromatic rings. The molecule has 1 heterocycles. The minimum absolute atomic E-state index is 0.101. The van der Waals surface area contributed by atoms with Crippen molar-refractivity contribution in [1.82, 2.24) is 15.7 Å². The Morgan fingerprint density at radius 2 is 2.13 bits per heavy atom. The van der Waals surface area contributed by atoms with Gasteiger partial charge in [-0.1, -0.05) is 18.2 Å². The maximum Gasteiger partial charge on any atom is 0.154 e. The Kier molecular flexibility index (Phi) is 4.06. The van der Waals surface area contributed by atoms with Crippen LogP contribution in [-0.4, -0.2) is 20.2 Å². The summed E-state index contributed by atoms with van der Waals surface area (Å²) in [5.74, 6) is 5.31. The van der Waals surface area contributed by atoms with Crippen LogP contribution in [0.2, 0.25) is 0 Å². The number of aromatic nitrogens is 2. The van der Waals surface area contributed by atoms with Crippen LogP contribution < -0.4 is 22.3 Å². The number of hydrogen-bond acceptors (Lipinski definition) is 5. The van der Waals surface area contributed by atoms with Crippen molar-refractivity contribution in [3.8, 4) is 11.1 Å². The summed E-state index contributed by atoms with van der Waals surface area (Å²) in [5.41, 5.74) is 11.1. The Morgan fingerprint density at radius 1 is 1.30 bits per heavy atom. The SMILES string of the molecule is NN/N=C(\N)c1c(-c2ccc3[nH]ncc3c2)cccc1S(N)=O. The van der Waals surface area contributed by atoms with Crippen molar-refractivity contribution in [2.45, 2.75) is 4.90 Å². The Labute approximate surface area is 134 Å². The van der Waals surface area contributed by atoms with Gasteiger partial charge in [0.15, 0.2) is 5.84 Å². The largest absolute Gasteiger partial charge is 0.382 e. The third kappa shape index (κ3) is 2.80. The average molecular weight is 329 g/mol. The fraction of sp³-hybridized carbons (Fsp3) is 0. The van der Waals surface area contributed by atoms with E-state index in [1.165, 1.54) is 0 Å². The van der Waals surface area contributed by atoms with E-state index in [1.807, 2.05) is 24.3 Å². The van der Waals surface area contributed by atoms with Gasteiger partial charge in [0.2, 0.25) is 0 Å². The quantitative estimate of drug-likeness (QED) is 0.202. The van der Waals surface area contributed by atoms with Gasteiger partial charge in [-0.05, 0) is 29.3 Å². The first-order valence-corrected chi connectivity index (χ1v) is 7.85. The molecule has 23 heavy (non-hydrogen) atoms. The van der Waals surface area contributed by atoms with Gasteiger partial charge in [0.05, 0.1) is 16.6 Å². The number of hydrazone groups is 1. The molecule has 0 aliphatic carbocycles. The molecule has 3 rings (SSSR count). The van der Waals surface area contributed by atoms with Gasteiger partial charge < -0.3 is 5.73 Å². The molecule has 0 radical (unpaired) electrons. The monoisotopic (exact) mass is 329 g/mol. The predicted octanol–water partition coefficient (Wildman–Crippen LogP) is 0.295. The molecule has 2 aromatic carbocycles. The summed E-state index contributed by atoms with van der Waals surface area (Å²) < 4.78 is 11.8. The lowest BCUT2D eigenvalue weighted by molar-refractivity contribution is 0.684. The molecule has 8 nitrogen and oxygen atoms in total. The van der Waals surface area contributed by atoms with Gasteiger partial charge in [-0.15, -0.1) is 5.10 Å². The van der Waals surface area contributed by atoms with Crippen LogP contribution in [0.5, 0.6) is 0 Å². The van der Waals surface area contributed by atoms with Gasteiger partial charge in [0.1, 0.15) is 11.0 Å². The van der Waals surface area contributed by atoms with Crippen LogP contribution in [0.4, 0.5) is 0 Å². The third-order valence-corrected chi connectivity index (χ3v) is 4.21. The summed E-state index contributed by atoms with van der Waals surface area (Å²) in [6.45, 7) is 0. The summed E-state index contributed by atoms with van der Waals surface area (Å²) in [5, 5.41) is 17.2. The van der Waals surface area contributed by atoms with Crippen LogP contribution in [0.3, 0.4) is 0 Å². The minimum Gasteiger partial charge on any atom is -0.382 e. The van der Waals surface area contributed by atoms with Crippen molar-refractivity contribution in [3.63, 3.8) is 0 Å². The molecule has 1 unspecified atom stereocenters. The second-order valence-electron chi connectivity index (χ2n) is 4.77. The molecule has 1 aromatic heterocycles. The molecule has 118 valence electrons. The minimum atomic E-state index is -1.72. The van der Waals surface area contributed by atoms with Gasteiger partial charge in [-0.2, -0.15) is 5.10 Å². The smallest absolute Gasteiger partial charge is 0.154 e. The third-order valence-electron chi connectivity index (χ3n) is 3.44. The van der Waals surface area contributed by atoms with Crippen molar-refractivity contribution in [3.05, 3.63) is 48.2 Å². The van der Waals surface area contributed by atoms with Gasteiger partial charge in [-0.3, -0.25) is 5.10 Å². The average Bonchev–Trinajstić information content (AvgIpc) is 3.01. The lowest BCUT2D eigenvalue weighted by Gasteiger charge is -2.13. The fourth-order valence-electron chi connectivity index (χ4n) is 2.44. The normalized spacial score (nSPS) is 13.2. The van der Waals surface area contributed by atoms with E-state index in [0.29, 0.717) is 10.5 Å². The van der Waals surface area contributed by atoms with Crippen LogP contribution in [0.1, 0.15) is 5.56 Å². The van der Waals surface area contributed by atoms with Crippen molar-refractivity contribution < 1.29 is 4.21 Å². The first kappa shape index (κ1) is 15.2. The summed E-state index contributed by atoms with van der Waals surface area (Å²) in [7, 11) is -1.72. The molecule has 0 bridgehead atoms. The van der Waals surface area contributed by atoms with E-state index in [1.54, 1.807) is 18.3 Å². The summed E-state index contributed by atoms with van der Waals surface area (Å²) in [6, 6.07) is 11.0. The highest BCUT2D eigenvalue weighted by Gasteiger charge is 2.17. The molecule has 8 N–H and O–H groups in total. The number of rotatable bonds is 4. The van der Waals surface area contributed by atoms with Crippen molar-refractivity contribution in [1.29, 1.82) is 0 Å². The predicted molar refractivity (Wildman–Crippen MR) is 90.2 cm³/mol. The van der Waals surface area contributed by atoms with Crippen LogP contribution in [-0.2, 0) is 11.0 Å². The second kappa shape index (κ2) is 6.16. The Bertz CT molecular complexity index is 918. The molecule has 0 aliphatic heterocycles. The number of hydrogen-bond donors (Lipinski definition) is 5. The molecule has 1 atom stereocenters. The standard InChI is InChI=1S/C14H15N7OS/c15-14(20-21-16)13-10(2-1-3-12(13)23(17)22)8-4-5-11-9(6-8)7-18-19-11/h1-7,21H,16-17H2,(H2,15,20)(H,18,19). The Morgan fingerprint density at radius 3 is 2.87 bits per heavy atom. The van der Waals surface area contributed by atoms with Crippen LogP contribution >= 0.6 is 0 Å². The number of hydrazine groups is 1. The summed E-state index contributed by atoms with van der Waals surface area (Å²) in [4.78, 5) is 0.381. The van der Waals surface area contributed by atoms with Crippen molar-refractivity contribution in [2.75, 3.05) is 0 Å². The number of fused-ring (bicyclic) bond motifs is 1. The maximum atomic E-state index is 11.8. The number of amidine groups is 1. The van der Waals surface area contributed by atoms with E-state index < -0.39 is 11.0 Å². The highest BCUT2D eigenvalue weighted by molar-refractivity contribution is 7.82. The molecule has 0 spiro atoms. The summed E-state index contributed by atoms with van der Waals surface area (Å²) >= 11 is 0. The lowest BCUT2D eigenvalue weighted by atomic mass is 9.98. The molecule has 0 aliphatic rings. The van der Waals surface area contributed by atoms with E-state index in [9.17, 15) is 4.21 Å². The zero-order valence-electron chi connectivity index (χ0n) is 12.0. The molecular weight excluding hydrogens is 314 g/mol. The zero-order valence-corrected chi connectivity index (χ0v) is 12.8. The van der Waals surface area contributed by atoms with Gasteiger partial charge in [0, 0.05) is 10.9 Å². The van der Waals surface area contributed by atoms with Crippen molar-refractivity contribution >= 4 is 27.7 Å². The second-order valence-corrected chi connectivity index (χ2v) is 5.81. The first-order chi connectivity index (χ1) is 11.1. The van der Waals surface area contributed by atoms with E-state index in [0.717, 1.165) is 22.0 Å². The number of nitrogens with two attached hydrogens (primary N) is 3. The molecule has 9 heteroatoms. The van der Waals surface area contributed by atoms with Crippen LogP contribution in [0.15, 0.2) is 52.6 Å². The van der Waals surface area contributed by atoms with Crippen LogP contribution in [0.25, 0.3) is 22.0 Å². The van der Waals surface area contributed by atoms with Crippen LogP contribution in [0, 0.1) is 0 Å². The number of nitrogens with zero attached hydrogens (tertiary/aromatic N) is 2. The molecule has 0 saturated carbocycles. The van der Waals surface area contributed by atoms with E-state index >= 15 is 0 Å².